The monoisotopic (exact) mass is 215 g/mol. The summed E-state index contributed by atoms with van der Waals surface area (Å²) >= 11 is 0. The summed E-state index contributed by atoms with van der Waals surface area (Å²) in [5.74, 6) is 0. The van der Waals surface area contributed by atoms with E-state index in [1.807, 2.05) is 0 Å². The highest BCUT2D eigenvalue weighted by Crippen LogP contribution is 2.43. The molecule has 0 N–H and O–H groups in total. The van der Waals surface area contributed by atoms with Crippen LogP contribution < -0.4 is 0 Å². The Morgan fingerprint density at radius 1 is 1.38 bits per heavy atom. The minimum atomic E-state index is -0.114. The Morgan fingerprint density at radius 3 is 2.88 bits per heavy atom. The van der Waals surface area contributed by atoms with Gasteiger partial charge in [0.2, 0.25) is 0 Å². The second-order valence-corrected chi connectivity index (χ2v) is 5.09. The molecule has 0 amide bonds. The maximum atomic E-state index is 6.23. The van der Waals surface area contributed by atoms with Crippen molar-refractivity contribution in [3.05, 3.63) is 35.9 Å². The van der Waals surface area contributed by atoms with E-state index in [-0.39, 0.29) is 12.7 Å². The molecule has 2 aliphatic rings. The van der Waals surface area contributed by atoms with Crippen molar-refractivity contribution in [2.24, 2.45) is 0 Å². The highest BCUT2D eigenvalue weighted by Gasteiger charge is 2.52. The Kier molecular flexibility index (Phi) is 2.34. The number of benzene rings is 1. The van der Waals surface area contributed by atoms with Crippen molar-refractivity contribution >= 4 is 7.05 Å². The molecule has 0 spiro atoms. The van der Waals surface area contributed by atoms with Crippen molar-refractivity contribution in [3.8, 4) is 0 Å². The first-order valence-electron chi connectivity index (χ1n) is 6.21. The zero-order chi connectivity index (χ0) is 11.2. The van der Waals surface area contributed by atoms with Crippen molar-refractivity contribution in [3.63, 3.8) is 0 Å². The quantitative estimate of drug-likeness (QED) is 0.667. The molecule has 1 aromatic carbocycles. The molecule has 0 aromatic heterocycles. The Labute approximate surface area is 97.7 Å². The van der Waals surface area contributed by atoms with Crippen LogP contribution in [-0.4, -0.2) is 24.4 Å². The summed E-state index contributed by atoms with van der Waals surface area (Å²) in [5, 5.41) is 0. The average molecular weight is 215 g/mol. The first kappa shape index (κ1) is 10.4. The third-order valence-electron chi connectivity index (χ3n) is 4.16. The molecular formula is C13H18BNO. The van der Waals surface area contributed by atoms with Crippen LogP contribution in [0.1, 0.15) is 25.3 Å². The van der Waals surface area contributed by atoms with Gasteiger partial charge in [0, 0.05) is 6.04 Å². The molecule has 1 aromatic rings. The van der Waals surface area contributed by atoms with E-state index in [2.05, 4.69) is 48.9 Å². The first-order chi connectivity index (χ1) is 7.72. The summed E-state index contributed by atoms with van der Waals surface area (Å²) in [6.45, 7) is 5.61. The fraction of sp³-hybridized carbons (Fsp3) is 0.538. The normalized spacial score (nSPS) is 34.4. The van der Waals surface area contributed by atoms with Gasteiger partial charge < -0.3 is 9.47 Å². The third-order valence-corrected chi connectivity index (χ3v) is 4.16. The molecule has 84 valence electrons. The molecule has 2 heterocycles. The van der Waals surface area contributed by atoms with E-state index in [9.17, 15) is 0 Å². The van der Waals surface area contributed by atoms with Crippen LogP contribution in [0.4, 0.5) is 0 Å². The highest BCUT2D eigenvalue weighted by molar-refractivity contribution is 6.48. The molecule has 3 heteroatoms. The van der Waals surface area contributed by atoms with Crippen molar-refractivity contribution in [1.82, 2.24) is 4.81 Å². The number of fused-ring (bicyclic) bond motifs is 1. The summed E-state index contributed by atoms with van der Waals surface area (Å²) in [6, 6.07) is 11.2. The topological polar surface area (TPSA) is 12.5 Å². The largest absolute Gasteiger partial charge is 0.410 e. The molecule has 2 aliphatic heterocycles. The fourth-order valence-electron chi connectivity index (χ4n) is 3.35. The van der Waals surface area contributed by atoms with Gasteiger partial charge in [-0.15, -0.1) is 0 Å². The lowest BCUT2D eigenvalue weighted by molar-refractivity contribution is 0.0813. The number of hydrogen-bond donors (Lipinski definition) is 0. The fourth-order valence-corrected chi connectivity index (χ4v) is 3.35. The van der Waals surface area contributed by atoms with Gasteiger partial charge in [0.15, 0.2) is 0 Å². The summed E-state index contributed by atoms with van der Waals surface area (Å²) in [7, 11) is 0.262. The summed E-state index contributed by atoms with van der Waals surface area (Å²) in [4.78, 5) is 2.51. The Hall–Kier alpha value is -0.795. The van der Waals surface area contributed by atoms with Gasteiger partial charge in [-0.3, -0.25) is 0 Å². The van der Waals surface area contributed by atoms with E-state index in [0.29, 0.717) is 6.04 Å². The molecule has 0 saturated carbocycles. The van der Waals surface area contributed by atoms with Crippen molar-refractivity contribution in [2.75, 3.05) is 6.54 Å². The first-order valence-corrected chi connectivity index (χ1v) is 6.21. The lowest BCUT2D eigenvalue weighted by Crippen LogP contribution is -2.38. The summed E-state index contributed by atoms with van der Waals surface area (Å²) in [6.07, 6.45) is 2.57. The van der Waals surface area contributed by atoms with E-state index in [1.165, 1.54) is 24.9 Å². The Balaban J connectivity index is 1.99. The Morgan fingerprint density at radius 2 is 2.12 bits per heavy atom. The van der Waals surface area contributed by atoms with E-state index < -0.39 is 0 Å². The Bertz CT molecular complexity index is 383. The van der Waals surface area contributed by atoms with E-state index in [1.54, 1.807) is 0 Å². The van der Waals surface area contributed by atoms with E-state index in [0.717, 1.165) is 0 Å². The lowest BCUT2D eigenvalue weighted by Gasteiger charge is -2.31. The second-order valence-electron chi connectivity index (χ2n) is 5.09. The highest BCUT2D eigenvalue weighted by atomic mass is 16.5. The van der Waals surface area contributed by atoms with Gasteiger partial charge in [-0.2, -0.15) is 0 Å². The van der Waals surface area contributed by atoms with Crippen LogP contribution >= 0.6 is 0 Å². The number of rotatable bonds is 1. The van der Waals surface area contributed by atoms with Gasteiger partial charge in [-0.25, -0.2) is 0 Å². The minimum Gasteiger partial charge on any atom is -0.410 e. The summed E-state index contributed by atoms with van der Waals surface area (Å²) < 4.78 is 6.23. The smallest absolute Gasteiger partial charge is 0.380 e. The molecule has 2 saturated heterocycles. The van der Waals surface area contributed by atoms with E-state index in [4.69, 9.17) is 4.65 Å². The van der Waals surface area contributed by atoms with Crippen LogP contribution in [0.25, 0.3) is 0 Å². The van der Waals surface area contributed by atoms with Crippen molar-refractivity contribution < 1.29 is 4.65 Å². The molecular weight excluding hydrogens is 197 g/mol. The van der Waals surface area contributed by atoms with Crippen LogP contribution in [0, 0.1) is 0 Å². The molecule has 3 rings (SSSR count). The van der Waals surface area contributed by atoms with Gasteiger partial charge in [-0.1, -0.05) is 30.3 Å². The SMILES string of the molecule is CB1O[C@](C)(c2ccccc2)[C@@H]2CCCN12. The van der Waals surface area contributed by atoms with Gasteiger partial charge in [0.25, 0.3) is 0 Å². The standard InChI is InChI=1S/C13H18BNO/c1-13(11-7-4-3-5-8-11)12-9-6-10-15(12)14(2)16-13/h3-5,7-8,12H,6,9-10H2,1-2H3/t12-,13+/m0/s1. The number of hydrogen-bond acceptors (Lipinski definition) is 2. The van der Waals surface area contributed by atoms with Crippen LogP contribution in [0.5, 0.6) is 0 Å². The molecule has 0 radical (unpaired) electrons. The molecule has 2 nitrogen and oxygen atoms in total. The van der Waals surface area contributed by atoms with Crippen molar-refractivity contribution in [2.45, 2.75) is 38.2 Å². The summed E-state index contributed by atoms with van der Waals surface area (Å²) in [5.41, 5.74) is 1.20. The van der Waals surface area contributed by atoms with Crippen LogP contribution in [0.15, 0.2) is 30.3 Å². The van der Waals surface area contributed by atoms with Gasteiger partial charge in [0.05, 0.1) is 5.60 Å². The lowest BCUT2D eigenvalue weighted by atomic mass is 9.86. The predicted molar refractivity (Wildman–Crippen MR) is 66.2 cm³/mol. The van der Waals surface area contributed by atoms with Crippen LogP contribution in [0.2, 0.25) is 6.82 Å². The molecule has 0 unspecified atom stereocenters. The average Bonchev–Trinajstić information content (AvgIpc) is 2.86. The molecule has 2 atom stereocenters. The molecule has 0 bridgehead atoms. The molecule has 0 aliphatic carbocycles. The van der Waals surface area contributed by atoms with Crippen molar-refractivity contribution in [1.29, 1.82) is 0 Å². The maximum Gasteiger partial charge on any atom is 0.380 e. The third kappa shape index (κ3) is 1.35. The van der Waals surface area contributed by atoms with Crippen LogP contribution in [-0.2, 0) is 10.3 Å². The van der Waals surface area contributed by atoms with Crippen LogP contribution in [0.3, 0.4) is 0 Å². The predicted octanol–water partition coefficient (Wildman–Crippen LogP) is 2.51. The molecule has 2 fully saturated rings. The van der Waals surface area contributed by atoms with Gasteiger partial charge in [0.1, 0.15) is 0 Å². The number of nitrogens with zero attached hydrogens (tertiary/aromatic N) is 1. The van der Waals surface area contributed by atoms with Gasteiger partial charge >= 0.3 is 7.05 Å². The van der Waals surface area contributed by atoms with E-state index >= 15 is 0 Å². The maximum absolute atomic E-state index is 6.23. The zero-order valence-electron chi connectivity index (χ0n) is 10.0. The molecule has 16 heavy (non-hydrogen) atoms. The minimum absolute atomic E-state index is 0.114. The second kappa shape index (κ2) is 3.61. The zero-order valence-corrected chi connectivity index (χ0v) is 10.0. The van der Waals surface area contributed by atoms with Gasteiger partial charge in [-0.05, 0) is 38.7 Å².